The van der Waals surface area contributed by atoms with Gasteiger partial charge in [-0.1, -0.05) is 66.5 Å². The minimum atomic E-state index is 0.0371. The van der Waals surface area contributed by atoms with Gasteiger partial charge in [-0.2, -0.15) is 0 Å². The third-order valence-electron chi connectivity index (χ3n) is 1.77. The molecule has 0 atom stereocenters. The van der Waals surface area contributed by atoms with Crippen LogP contribution in [-0.4, -0.2) is 24.8 Å². The summed E-state index contributed by atoms with van der Waals surface area (Å²) in [5.41, 5.74) is 0.860. The van der Waals surface area contributed by atoms with Gasteiger partial charge in [-0.3, -0.25) is 4.79 Å². The molecule has 0 fully saturated rings. The quantitative estimate of drug-likeness (QED) is 0.382. The molecule has 0 bridgehead atoms. The molecule has 0 aromatic rings. The first-order chi connectivity index (χ1) is 10.2. The maximum Gasteiger partial charge on any atom is 0.223 e. The lowest BCUT2D eigenvalue weighted by molar-refractivity contribution is -0.122. The predicted molar refractivity (Wildman–Crippen MR) is 95.9 cm³/mol. The van der Waals surface area contributed by atoms with Gasteiger partial charge in [-0.25, -0.2) is 0 Å². The maximum atomic E-state index is 11.2. The van der Waals surface area contributed by atoms with Gasteiger partial charge in [0.2, 0.25) is 5.91 Å². The molecule has 0 spiro atoms. The molecule has 4 nitrogen and oxygen atoms in total. The van der Waals surface area contributed by atoms with Crippen LogP contribution in [0, 0.1) is 0 Å². The number of nitrogens with zero attached hydrogens (tertiary/aromatic N) is 1. The van der Waals surface area contributed by atoms with Crippen molar-refractivity contribution in [1.82, 2.24) is 5.32 Å². The van der Waals surface area contributed by atoms with Gasteiger partial charge in [0.15, 0.2) is 0 Å². The lowest BCUT2D eigenvalue weighted by Gasteiger charge is -2.03. The first-order valence-corrected chi connectivity index (χ1v) is 8.56. The Morgan fingerprint density at radius 2 is 1.52 bits per heavy atom. The van der Waals surface area contributed by atoms with Crippen molar-refractivity contribution in [3.63, 3.8) is 0 Å². The van der Waals surface area contributed by atoms with Crippen LogP contribution in [0.1, 0.15) is 88.0 Å². The van der Waals surface area contributed by atoms with Crippen molar-refractivity contribution >= 4 is 11.6 Å². The van der Waals surface area contributed by atoms with E-state index < -0.39 is 0 Å². The summed E-state index contributed by atoms with van der Waals surface area (Å²) < 4.78 is 0. The van der Waals surface area contributed by atoms with Gasteiger partial charge in [0, 0.05) is 6.54 Å². The van der Waals surface area contributed by atoms with E-state index in [-0.39, 0.29) is 5.91 Å². The Balaban J connectivity index is -0.000000212. The second-order valence-electron chi connectivity index (χ2n) is 3.68. The van der Waals surface area contributed by atoms with E-state index in [9.17, 15) is 4.79 Å². The summed E-state index contributed by atoms with van der Waals surface area (Å²) in [6.07, 6.45) is 3.76. The first kappa shape index (κ1) is 28.2. The van der Waals surface area contributed by atoms with Gasteiger partial charge in [-0.15, -0.1) is 0 Å². The highest BCUT2D eigenvalue weighted by molar-refractivity contribution is 5.78. The molecule has 4 heteroatoms. The number of nitrogens with one attached hydrogen (secondary N) is 1. The summed E-state index contributed by atoms with van der Waals surface area (Å²) in [7, 11) is 0. The Hall–Kier alpha value is -1.06. The van der Waals surface area contributed by atoms with Crippen molar-refractivity contribution in [2.75, 3.05) is 13.2 Å². The second kappa shape index (κ2) is 31.4. The minimum absolute atomic E-state index is 0.0371. The molecule has 0 saturated heterocycles. The number of hydrogen-bond donors (Lipinski definition) is 1. The summed E-state index contributed by atoms with van der Waals surface area (Å²) in [6, 6.07) is 0. The Kier molecular flexibility index (Phi) is 42.1. The molecule has 1 N–H and O–H groups in total. The van der Waals surface area contributed by atoms with E-state index in [1.165, 1.54) is 6.42 Å². The predicted octanol–water partition coefficient (Wildman–Crippen LogP) is 5.17. The minimum Gasteiger partial charge on any atom is -0.395 e. The van der Waals surface area contributed by atoms with Crippen LogP contribution in [0.15, 0.2) is 5.16 Å². The maximum absolute atomic E-state index is 11.2. The van der Waals surface area contributed by atoms with Crippen LogP contribution in [0.3, 0.4) is 0 Å². The van der Waals surface area contributed by atoms with Crippen LogP contribution in [0.5, 0.6) is 0 Å². The van der Waals surface area contributed by atoms with Crippen molar-refractivity contribution in [1.29, 1.82) is 0 Å². The number of carbonyl (C=O) groups is 1. The number of rotatable bonds is 8. The molecule has 0 radical (unpaired) electrons. The molecule has 0 aliphatic heterocycles. The molecular weight excluding hydrogens is 264 g/mol. The van der Waals surface area contributed by atoms with Crippen LogP contribution in [0.2, 0.25) is 0 Å². The summed E-state index contributed by atoms with van der Waals surface area (Å²) in [4.78, 5) is 16.1. The van der Waals surface area contributed by atoms with Crippen molar-refractivity contribution in [2.45, 2.75) is 88.0 Å². The van der Waals surface area contributed by atoms with Gasteiger partial charge in [0.1, 0.15) is 6.61 Å². The van der Waals surface area contributed by atoms with Crippen molar-refractivity contribution in [2.24, 2.45) is 5.16 Å². The number of unbranched alkanes of at least 4 members (excludes halogenated alkanes) is 2. The standard InChI is InChI=1S/C11H22N2O2.3C2H6/c1-4-5-6-8-12-11(14)7-9-15-13-10(2)3;3*1-2/h4-9H2,1-3H3,(H,12,14);3*1-2H3. The summed E-state index contributed by atoms with van der Waals surface area (Å²) >= 11 is 0. The highest BCUT2D eigenvalue weighted by Gasteiger charge is 1.99. The van der Waals surface area contributed by atoms with E-state index in [2.05, 4.69) is 17.4 Å². The van der Waals surface area contributed by atoms with E-state index in [0.717, 1.165) is 25.1 Å². The van der Waals surface area contributed by atoms with Gasteiger partial charge >= 0.3 is 0 Å². The zero-order valence-corrected chi connectivity index (χ0v) is 16.0. The molecule has 1 amide bonds. The van der Waals surface area contributed by atoms with Crippen LogP contribution in [0.25, 0.3) is 0 Å². The lowest BCUT2D eigenvalue weighted by Crippen LogP contribution is -2.25. The number of hydrogen-bond acceptors (Lipinski definition) is 3. The molecule has 0 aliphatic rings. The van der Waals surface area contributed by atoms with E-state index in [1.54, 1.807) is 0 Å². The molecule has 0 aromatic heterocycles. The zero-order chi connectivity index (χ0) is 17.5. The average Bonchev–Trinajstić information content (AvgIpc) is 2.54. The van der Waals surface area contributed by atoms with E-state index in [4.69, 9.17) is 4.84 Å². The van der Waals surface area contributed by atoms with Crippen LogP contribution < -0.4 is 5.32 Å². The van der Waals surface area contributed by atoms with Crippen molar-refractivity contribution in [3.8, 4) is 0 Å². The third-order valence-corrected chi connectivity index (χ3v) is 1.77. The molecular formula is C17H40N2O2. The molecule has 0 rings (SSSR count). The zero-order valence-electron chi connectivity index (χ0n) is 16.0. The highest BCUT2D eigenvalue weighted by atomic mass is 16.6. The second-order valence-corrected chi connectivity index (χ2v) is 3.68. The normalized spacial score (nSPS) is 7.67. The van der Waals surface area contributed by atoms with E-state index >= 15 is 0 Å². The summed E-state index contributed by atoms with van der Waals surface area (Å²) in [6.45, 7) is 19.0. The number of amides is 1. The van der Waals surface area contributed by atoms with Gasteiger partial charge in [0.05, 0.1) is 12.1 Å². The molecule has 21 heavy (non-hydrogen) atoms. The Bertz CT molecular complexity index is 201. The SMILES string of the molecule is CC.CC.CC.CCCCCNC(=O)CCON=C(C)C. The summed E-state index contributed by atoms with van der Waals surface area (Å²) in [5.74, 6) is 0.0371. The fraction of sp³-hybridized carbons (Fsp3) is 0.882. The summed E-state index contributed by atoms with van der Waals surface area (Å²) in [5, 5.41) is 6.58. The van der Waals surface area contributed by atoms with E-state index in [1.807, 2.05) is 55.4 Å². The molecule has 0 aliphatic carbocycles. The van der Waals surface area contributed by atoms with E-state index in [0.29, 0.717) is 13.0 Å². The van der Waals surface area contributed by atoms with Gasteiger partial charge in [0.25, 0.3) is 0 Å². The fourth-order valence-electron chi connectivity index (χ4n) is 1.00. The number of carbonyl (C=O) groups excluding carboxylic acids is 1. The highest BCUT2D eigenvalue weighted by Crippen LogP contribution is 1.92. The topological polar surface area (TPSA) is 50.7 Å². The molecule has 0 heterocycles. The van der Waals surface area contributed by atoms with Crippen molar-refractivity contribution in [3.05, 3.63) is 0 Å². The van der Waals surface area contributed by atoms with Crippen molar-refractivity contribution < 1.29 is 9.63 Å². The smallest absolute Gasteiger partial charge is 0.223 e. The first-order valence-electron chi connectivity index (χ1n) is 8.56. The van der Waals surface area contributed by atoms with Gasteiger partial charge < -0.3 is 10.2 Å². The molecule has 0 aromatic carbocycles. The average molecular weight is 305 g/mol. The Morgan fingerprint density at radius 3 is 1.95 bits per heavy atom. The van der Waals surface area contributed by atoms with Crippen LogP contribution >= 0.6 is 0 Å². The Labute approximate surface area is 133 Å². The molecule has 130 valence electrons. The largest absolute Gasteiger partial charge is 0.395 e. The van der Waals surface area contributed by atoms with Crippen LogP contribution in [-0.2, 0) is 9.63 Å². The molecule has 0 unspecified atom stereocenters. The van der Waals surface area contributed by atoms with Crippen LogP contribution in [0.4, 0.5) is 0 Å². The monoisotopic (exact) mass is 304 g/mol. The third kappa shape index (κ3) is 38.1. The molecule has 0 saturated carbocycles. The Morgan fingerprint density at radius 1 is 1.00 bits per heavy atom. The lowest BCUT2D eigenvalue weighted by atomic mass is 10.2. The van der Waals surface area contributed by atoms with Gasteiger partial charge in [-0.05, 0) is 20.3 Å². The fourth-order valence-corrected chi connectivity index (χ4v) is 1.00. The number of oxime groups is 1.